The fourth-order valence-corrected chi connectivity index (χ4v) is 4.81. The number of hydrogen-bond donors (Lipinski definition) is 1. The number of piperidine rings is 1. The van der Waals surface area contributed by atoms with Crippen molar-refractivity contribution in [3.63, 3.8) is 0 Å². The third-order valence-corrected chi connectivity index (χ3v) is 6.67. The molecule has 33 heavy (non-hydrogen) atoms. The van der Waals surface area contributed by atoms with Crippen molar-refractivity contribution < 1.29 is 13.9 Å². The van der Waals surface area contributed by atoms with E-state index in [0.717, 1.165) is 31.4 Å². The number of furan rings is 1. The van der Waals surface area contributed by atoms with Gasteiger partial charge < -0.3 is 19.4 Å². The average Bonchev–Trinajstić information content (AvgIpc) is 3.31. The number of benzene rings is 3. The highest BCUT2D eigenvalue weighted by atomic mass is 16.5. The largest absolute Gasteiger partial charge is 0.490 e. The van der Waals surface area contributed by atoms with Crippen molar-refractivity contribution >= 4 is 27.6 Å². The second-order valence-corrected chi connectivity index (χ2v) is 8.79. The highest BCUT2D eigenvalue weighted by molar-refractivity contribution is 5.97. The molecule has 1 fully saturated rings. The predicted octanol–water partition coefficient (Wildman–Crippen LogP) is 5.59. The Morgan fingerprint density at radius 1 is 1.00 bits per heavy atom. The van der Waals surface area contributed by atoms with Crippen LogP contribution in [0.25, 0.3) is 21.7 Å². The van der Waals surface area contributed by atoms with Gasteiger partial charge in [-0.2, -0.15) is 0 Å². The van der Waals surface area contributed by atoms with E-state index in [-0.39, 0.29) is 5.91 Å². The molecule has 5 nitrogen and oxygen atoms in total. The molecule has 1 aromatic heterocycles. The van der Waals surface area contributed by atoms with E-state index < -0.39 is 0 Å². The van der Waals surface area contributed by atoms with Crippen LogP contribution in [0.2, 0.25) is 0 Å². The van der Waals surface area contributed by atoms with Crippen LogP contribution < -0.4 is 10.1 Å². The minimum atomic E-state index is -0.232. The fraction of sp³-hybridized carbons (Fsp3) is 0.321. The van der Waals surface area contributed by atoms with Gasteiger partial charge >= 0.3 is 0 Å². The van der Waals surface area contributed by atoms with Crippen LogP contribution in [0.5, 0.6) is 5.75 Å². The van der Waals surface area contributed by atoms with Crippen molar-refractivity contribution in [3.8, 4) is 5.75 Å². The Balaban J connectivity index is 1.11. The van der Waals surface area contributed by atoms with Crippen LogP contribution in [0.1, 0.15) is 41.3 Å². The zero-order valence-corrected chi connectivity index (χ0v) is 19.0. The second kappa shape index (κ2) is 9.67. The number of amides is 1. The summed E-state index contributed by atoms with van der Waals surface area (Å²) in [6.45, 7) is 3.91. The van der Waals surface area contributed by atoms with Crippen LogP contribution in [-0.4, -0.2) is 44.1 Å². The van der Waals surface area contributed by atoms with Gasteiger partial charge in [-0.3, -0.25) is 4.79 Å². The lowest BCUT2D eigenvalue weighted by Crippen LogP contribution is -2.34. The van der Waals surface area contributed by atoms with Gasteiger partial charge in [0.15, 0.2) is 17.1 Å². The Kier molecular flexibility index (Phi) is 6.31. The summed E-state index contributed by atoms with van der Waals surface area (Å²) in [4.78, 5) is 14.4. The van der Waals surface area contributed by atoms with Gasteiger partial charge in [0.05, 0.1) is 6.61 Å². The van der Waals surface area contributed by atoms with Gasteiger partial charge in [-0.1, -0.05) is 54.6 Å². The first-order chi connectivity index (χ1) is 16.2. The summed E-state index contributed by atoms with van der Waals surface area (Å²) in [5.74, 6) is 1.41. The first kappa shape index (κ1) is 21.5. The third kappa shape index (κ3) is 4.74. The zero-order chi connectivity index (χ0) is 22.6. The van der Waals surface area contributed by atoms with Crippen LogP contribution in [0.3, 0.4) is 0 Å². The van der Waals surface area contributed by atoms with E-state index in [1.165, 1.54) is 29.2 Å². The molecule has 0 atom stereocenters. The highest BCUT2D eigenvalue weighted by Gasteiger charge is 2.20. The Bertz CT molecular complexity index is 1250. The number of hydrogen-bond acceptors (Lipinski definition) is 4. The first-order valence-electron chi connectivity index (χ1n) is 11.8. The molecule has 0 saturated carbocycles. The summed E-state index contributed by atoms with van der Waals surface area (Å²) in [6, 6.07) is 23.0. The maximum atomic E-state index is 11.9. The molecular weight excluding hydrogens is 412 g/mol. The van der Waals surface area contributed by atoms with Crippen molar-refractivity contribution in [3.05, 3.63) is 78.1 Å². The standard InChI is InChI=1S/C28H30N2O3/c1-29-28(31)26-19-24-8-4-9-25(27(24)33-26)32-17-5-14-30-15-12-21(13-16-30)23-11-10-20-6-2-3-7-22(20)18-23/h2-4,6-11,18-19,21H,5,12-17H2,1H3,(H,29,31). The van der Waals surface area contributed by atoms with E-state index in [4.69, 9.17) is 9.15 Å². The smallest absolute Gasteiger partial charge is 0.286 e. The number of rotatable bonds is 7. The normalized spacial score (nSPS) is 15.2. The van der Waals surface area contributed by atoms with Crippen molar-refractivity contribution in [2.75, 3.05) is 33.3 Å². The van der Waals surface area contributed by atoms with Crippen LogP contribution in [0, 0.1) is 0 Å². The topological polar surface area (TPSA) is 54.7 Å². The maximum Gasteiger partial charge on any atom is 0.286 e. The highest BCUT2D eigenvalue weighted by Crippen LogP contribution is 2.31. The van der Waals surface area contributed by atoms with Crippen LogP contribution in [-0.2, 0) is 0 Å². The minimum Gasteiger partial charge on any atom is -0.490 e. The van der Waals surface area contributed by atoms with Crippen molar-refractivity contribution in [1.82, 2.24) is 10.2 Å². The Hall–Kier alpha value is -3.31. The van der Waals surface area contributed by atoms with Gasteiger partial charge in [0.1, 0.15) is 0 Å². The van der Waals surface area contributed by atoms with Gasteiger partial charge in [-0.25, -0.2) is 0 Å². The monoisotopic (exact) mass is 442 g/mol. The first-order valence-corrected chi connectivity index (χ1v) is 11.8. The predicted molar refractivity (Wildman–Crippen MR) is 132 cm³/mol. The van der Waals surface area contributed by atoms with Crippen LogP contribution in [0.4, 0.5) is 0 Å². The lowest BCUT2D eigenvalue weighted by molar-refractivity contribution is 0.0937. The average molecular weight is 443 g/mol. The Morgan fingerprint density at radius 3 is 2.61 bits per heavy atom. The van der Waals surface area contributed by atoms with Gasteiger partial charge in [0, 0.05) is 19.0 Å². The molecule has 170 valence electrons. The molecule has 0 spiro atoms. The number of carbonyl (C=O) groups is 1. The molecule has 0 unspecified atom stereocenters. The molecule has 4 aromatic rings. The van der Waals surface area contributed by atoms with E-state index in [9.17, 15) is 4.79 Å². The Labute approximate surface area is 194 Å². The van der Waals surface area contributed by atoms with E-state index in [0.29, 0.717) is 29.6 Å². The fourth-order valence-electron chi connectivity index (χ4n) is 4.81. The number of carbonyl (C=O) groups excluding carboxylic acids is 1. The molecular formula is C28H30N2O3. The van der Waals surface area contributed by atoms with E-state index in [1.807, 2.05) is 18.2 Å². The van der Waals surface area contributed by atoms with Crippen molar-refractivity contribution in [2.45, 2.75) is 25.2 Å². The molecule has 1 N–H and O–H groups in total. The molecule has 1 amide bonds. The molecule has 5 heteroatoms. The number of fused-ring (bicyclic) bond motifs is 2. The quantitative estimate of drug-likeness (QED) is 0.379. The molecule has 1 saturated heterocycles. The summed E-state index contributed by atoms with van der Waals surface area (Å²) in [5.41, 5.74) is 2.10. The summed E-state index contributed by atoms with van der Waals surface area (Å²) in [6.07, 6.45) is 3.36. The summed E-state index contributed by atoms with van der Waals surface area (Å²) < 4.78 is 11.7. The number of likely N-dealkylation sites (tertiary alicyclic amines) is 1. The van der Waals surface area contributed by atoms with Crippen LogP contribution >= 0.6 is 0 Å². The maximum absolute atomic E-state index is 11.9. The molecule has 2 heterocycles. The molecule has 1 aliphatic heterocycles. The summed E-state index contributed by atoms with van der Waals surface area (Å²) in [7, 11) is 1.59. The zero-order valence-electron chi connectivity index (χ0n) is 19.0. The lowest BCUT2D eigenvalue weighted by atomic mass is 9.88. The third-order valence-electron chi connectivity index (χ3n) is 6.67. The van der Waals surface area contributed by atoms with E-state index >= 15 is 0 Å². The van der Waals surface area contributed by atoms with Crippen molar-refractivity contribution in [1.29, 1.82) is 0 Å². The van der Waals surface area contributed by atoms with Crippen LogP contribution in [0.15, 0.2) is 71.1 Å². The Morgan fingerprint density at radius 2 is 1.79 bits per heavy atom. The molecule has 0 aliphatic carbocycles. The van der Waals surface area contributed by atoms with Crippen molar-refractivity contribution in [2.24, 2.45) is 0 Å². The summed E-state index contributed by atoms with van der Waals surface area (Å²) in [5, 5.41) is 6.12. The van der Waals surface area contributed by atoms with Gasteiger partial charge in [-0.15, -0.1) is 0 Å². The number of para-hydroxylation sites is 1. The number of nitrogens with one attached hydrogen (secondary N) is 1. The summed E-state index contributed by atoms with van der Waals surface area (Å²) >= 11 is 0. The van der Waals surface area contributed by atoms with E-state index in [1.54, 1.807) is 13.1 Å². The molecule has 3 aromatic carbocycles. The van der Waals surface area contributed by atoms with Gasteiger partial charge in [0.25, 0.3) is 5.91 Å². The molecule has 5 rings (SSSR count). The van der Waals surface area contributed by atoms with Gasteiger partial charge in [-0.05, 0) is 66.7 Å². The number of nitrogens with zero attached hydrogens (tertiary/aromatic N) is 1. The number of ether oxygens (including phenoxy) is 1. The lowest BCUT2D eigenvalue weighted by Gasteiger charge is -2.32. The van der Waals surface area contributed by atoms with Gasteiger partial charge in [0.2, 0.25) is 0 Å². The van der Waals surface area contributed by atoms with E-state index in [2.05, 4.69) is 52.7 Å². The molecule has 0 radical (unpaired) electrons. The SMILES string of the molecule is CNC(=O)c1cc2cccc(OCCCN3CCC(c4ccc5ccccc5c4)CC3)c2o1. The minimum absolute atomic E-state index is 0.232. The second-order valence-electron chi connectivity index (χ2n) is 8.79. The molecule has 1 aliphatic rings. The molecule has 0 bridgehead atoms.